The van der Waals surface area contributed by atoms with Crippen molar-refractivity contribution >= 4 is 17.5 Å². The lowest BCUT2D eigenvalue weighted by molar-refractivity contribution is 0.0644. The number of amides is 2. The first-order valence-corrected chi connectivity index (χ1v) is 8.32. The Labute approximate surface area is 146 Å². The Morgan fingerprint density at radius 2 is 2.04 bits per heavy atom. The number of carbonyl (C=O) groups is 2. The van der Waals surface area contributed by atoms with Crippen LogP contribution in [0, 0.1) is 0 Å². The van der Waals surface area contributed by atoms with Gasteiger partial charge >= 0.3 is 0 Å². The first-order chi connectivity index (χ1) is 12.0. The van der Waals surface area contributed by atoms with Gasteiger partial charge in [-0.2, -0.15) is 0 Å². The second-order valence-electron chi connectivity index (χ2n) is 6.39. The van der Waals surface area contributed by atoms with Crippen molar-refractivity contribution in [3.63, 3.8) is 0 Å². The fraction of sp³-hybridized carbons (Fsp3) is 0.389. The van der Waals surface area contributed by atoms with Crippen molar-refractivity contribution in [3.05, 3.63) is 47.9 Å². The molecule has 132 valence electrons. The minimum atomic E-state index is -0.352. The summed E-state index contributed by atoms with van der Waals surface area (Å²) >= 11 is 0. The molecule has 1 aromatic heterocycles. The topological polar surface area (TPSA) is 78.7 Å². The summed E-state index contributed by atoms with van der Waals surface area (Å²) in [6.45, 7) is 1.98. The van der Waals surface area contributed by atoms with Gasteiger partial charge in [-0.15, -0.1) is 0 Å². The maximum absolute atomic E-state index is 12.7. The van der Waals surface area contributed by atoms with Gasteiger partial charge in [0.1, 0.15) is 6.26 Å². The molecule has 2 aromatic rings. The van der Waals surface area contributed by atoms with Crippen LogP contribution in [0.25, 0.3) is 0 Å². The van der Waals surface area contributed by atoms with E-state index in [4.69, 9.17) is 0 Å². The molecule has 0 spiro atoms. The van der Waals surface area contributed by atoms with Gasteiger partial charge in [0.15, 0.2) is 5.69 Å². The summed E-state index contributed by atoms with van der Waals surface area (Å²) in [4.78, 5) is 28.7. The summed E-state index contributed by atoms with van der Waals surface area (Å²) in [5.41, 5.74) is 1.42. The van der Waals surface area contributed by atoms with E-state index in [0.717, 1.165) is 25.9 Å². The third-order valence-electron chi connectivity index (χ3n) is 4.53. The maximum atomic E-state index is 12.7. The lowest BCUT2D eigenvalue weighted by Gasteiger charge is -2.35. The predicted molar refractivity (Wildman–Crippen MR) is 93.5 cm³/mol. The Bertz CT molecular complexity index is 727. The second-order valence-corrected chi connectivity index (χ2v) is 6.39. The van der Waals surface area contributed by atoms with E-state index in [2.05, 4.69) is 26.9 Å². The van der Waals surface area contributed by atoms with Crippen LogP contribution in [0.1, 0.15) is 33.7 Å². The van der Waals surface area contributed by atoms with E-state index in [0.29, 0.717) is 11.3 Å². The minimum absolute atomic E-state index is 0.00493. The van der Waals surface area contributed by atoms with Crippen molar-refractivity contribution in [1.82, 2.24) is 15.0 Å². The third-order valence-corrected chi connectivity index (χ3v) is 4.53. The Morgan fingerprint density at radius 1 is 1.28 bits per heavy atom. The number of anilines is 1. The Balaban J connectivity index is 1.63. The van der Waals surface area contributed by atoms with E-state index in [-0.39, 0.29) is 23.6 Å². The number of likely N-dealkylation sites (N-methyl/N-ethyl adjacent to an activating group) is 2. The quantitative estimate of drug-likeness (QED) is 0.920. The smallest absolute Gasteiger partial charge is 0.277 e. The minimum Gasteiger partial charge on any atom is -0.364 e. The zero-order chi connectivity index (χ0) is 17.8. The highest BCUT2D eigenvalue weighted by molar-refractivity contribution is 6.03. The summed E-state index contributed by atoms with van der Waals surface area (Å²) in [5.74, 6) is -0.357. The van der Waals surface area contributed by atoms with E-state index >= 15 is 0 Å². The highest BCUT2D eigenvalue weighted by Crippen LogP contribution is 2.17. The van der Waals surface area contributed by atoms with Crippen LogP contribution in [0.4, 0.5) is 5.69 Å². The van der Waals surface area contributed by atoms with Gasteiger partial charge in [0.05, 0.1) is 0 Å². The standard InChI is InChI=1S/C18H22N4O3/c1-21-10-3-4-15(12-21)22(2)18(24)13-5-7-14(8-6-13)19-17(23)16-9-11-25-20-16/h5-9,11,15H,3-4,10,12H2,1-2H3,(H,19,23)/t15-/m0/s1. The second kappa shape index (κ2) is 7.48. The number of hydrogen-bond acceptors (Lipinski definition) is 5. The predicted octanol–water partition coefficient (Wildman–Crippen LogP) is 2.09. The van der Waals surface area contributed by atoms with Crippen LogP contribution in [0.15, 0.2) is 41.1 Å². The number of nitrogens with zero attached hydrogens (tertiary/aromatic N) is 3. The monoisotopic (exact) mass is 342 g/mol. The molecule has 0 unspecified atom stereocenters. The largest absolute Gasteiger partial charge is 0.364 e. The molecule has 1 N–H and O–H groups in total. The molecule has 3 rings (SSSR count). The Kier molecular flexibility index (Phi) is 5.14. The molecule has 1 atom stereocenters. The van der Waals surface area contributed by atoms with Gasteiger partial charge in [-0.1, -0.05) is 5.16 Å². The van der Waals surface area contributed by atoms with Gasteiger partial charge in [0.25, 0.3) is 11.8 Å². The molecule has 1 aliphatic rings. The lowest BCUT2D eigenvalue weighted by Crippen LogP contribution is -2.47. The van der Waals surface area contributed by atoms with E-state index in [1.165, 1.54) is 12.3 Å². The van der Waals surface area contributed by atoms with E-state index in [1.807, 2.05) is 11.9 Å². The summed E-state index contributed by atoms with van der Waals surface area (Å²) in [6.07, 6.45) is 3.47. The molecular weight excluding hydrogens is 320 g/mol. The number of hydrogen-bond donors (Lipinski definition) is 1. The molecule has 2 heterocycles. The van der Waals surface area contributed by atoms with E-state index in [9.17, 15) is 9.59 Å². The van der Waals surface area contributed by atoms with E-state index < -0.39 is 0 Å². The zero-order valence-corrected chi connectivity index (χ0v) is 14.4. The highest BCUT2D eigenvalue weighted by Gasteiger charge is 2.25. The zero-order valence-electron chi connectivity index (χ0n) is 14.4. The Morgan fingerprint density at radius 3 is 2.68 bits per heavy atom. The normalized spacial score (nSPS) is 17.9. The first kappa shape index (κ1) is 17.2. The molecule has 7 heteroatoms. The van der Waals surface area contributed by atoms with Crippen LogP contribution in [0.3, 0.4) is 0 Å². The third kappa shape index (κ3) is 4.06. The highest BCUT2D eigenvalue weighted by atomic mass is 16.5. The van der Waals surface area contributed by atoms with Crippen molar-refractivity contribution in [2.75, 3.05) is 32.5 Å². The van der Waals surface area contributed by atoms with Crippen molar-refractivity contribution in [2.45, 2.75) is 18.9 Å². The van der Waals surface area contributed by atoms with E-state index in [1.54, 1.807) is 24.3 Å². The molecular formula is C18H22N4O3. The summed E-state index contributed by atoms with van der Waals surface area (Å²) < 4.78 is 4.65. The summed E-state index contributed by atoms with van der Waals surface area (Å²) in [6, 6.07) is 8.60. The SMILES string of the molecule is CN1CCC[C@H](N(C)C(=O)c2ccc(NC(=O)c3ccon3)cc2)C1. The van der Waals surface area contributed by atoms with Crippen LogP contribution >= 0.6 is 0 Å². The molecule has 2 amide bonds. The number of aromatic nitrogens is 1. The number of nitrogens with one attached hydrogen (secondary N) is 1. The molecule has 1 saturated heterocycles. The van der Waals surface area contributed by atoms with Crippen LogP contribution in [-0.2, 0) is 0 Å². The molecule has 0 saturated carbocycles. The molecule has 1 aliphatic heterocycles. The van der Waals surface area contributed by atoms with Crippen LogP contribution in [0.5, 0.6) is 0 Å². The fourth-order valence-electron chi connectivity index (χ4n) is 3.05. The fourth-order valence-corrected chi connectivity index (χ4v) is 3.05. The summed E-state index contributed by atoms with van der Waals surface area (Å²) in [7, 11) is 3.93. The molecule has 1 aromatic carbocycles. The van der Waals surface area contributed by atoms with Crippen LogP contribution < -0.4 is 5.32 Å². The van der Waals surface area contributed by atoms with Gasteiger partial charge in [-0.3, -0.25) is 9.59 Å². The average Bonchev–Trinajstić information content (AvgIpc) is 3.16. The van der Waals surface area contributed by atoms with Gasteiger partial charge in [0.2, 0.25) is 0 Å². The number of carbonyl (C=O) groups excluding carboxylic acids is 2. The number of benzene rings is 1. The Hall–Kier alpha value is -2.67. The maximum Gasteiger partial charge on any atom is 0.277 e. The first-order valence-electron chi connectivity index (χ1n) is 8.32. The number of rotatable bonds is 4. The number of likely N-dealkylation sites (tertiary alicyclic amines) is 1. The lowest BCUT2D eigenvalue weighted by atomic mass is 10.0. The molecule has 1 fully saturated rings. The van der Waals surface area contributed by atoms with Crippen molar-refractivity contribution in [3.8, 4) is 0 Å². The van der Waals surface area contributed by atoms with Crippen LogP contribution in [0.2, 0.25) is 0 Å². The van der Waals surface area contributed by atoms with Crippen molar-refractivity contribution < 1.29 is 14.1 Å². The molecule has 0 bridgehead atoms. The molecule has 7 nitrogen and oxygen atoms in total. The van der Waals surface area contributed by atoms with Gasteiger partial charge < -0.3 is 19.6 Å². The molecule has 25 heavy (non-hydrogen) atoms. The van der Waals surface area contributed by atoms with Crippen molar-refractivity contribution in [1.29, 1.82) is 0 Å². The number of piperidine rings is 1. The van der Waals surface area contributed by atoms with Gasteiger partial charge in [-0.05, 0) is 50.7 Å². The van der Waals surface area contributed by atoms with Gasteiger partial charge in [0, 0.05) is 37.0 Å². The molecule has 0 radical (unpaired) electrons. The summed E-state index contributed by atoms with van der Waals surface area (Å²) in [5, 5.41) is 6.30. The van der Waals surface area contributed by atoms with Crippen LogP contribution in [-0.4, -0.2) is 60.0 Å². The van der Waals surface area contributed by atoms with Crippen molar-refractivity contribution in [2.24, 2.45) is 0 Å². The van der Waals surface area contributed by atoms with Gasteiger partial charge in [-0.25, -0.2) is 0 Å². The molecule has 0 aliphatic carbocycles. The average molecular weight is 342 g/mol.